The second kappa shape index (κ2) is 6.91. The molecule has 6 heteroatoms. The van der Waals surface area contributed by atoms with Crippen molar-refractivity contribution in [2.75, 3.05) is 18.9 Å². The topological polar surface area (TPSA) is 64.6 Å². The van der Waals surface area contributed by atoms with Gasteiger partial charge in [-0.1, -0.05) is 19.9 Å². The van der Waals surface area contributed by atoms with E-state index in [1.54, 1.807) is 24.3 Å². The molecule has 0 radical (unpaired) electrons. The molecule has 0 atom stereocenters. The third-order valence-electron chi connectivity index (χ3n) is 3.50. The first-order valence-corrected chi connectivity index (χ1v) is 8.70. The number of anilines is 1. The third kappa shape index (κ3) is 3.96. The van der Waals surface area contributed by atoms with E-state index < -0.39 is 10.0 Å². The Morgan fingerprint density at radius 3 is 2.13 bits per heavy atom. The van der Waals surface area contributed by atoms with Crippen LogP contribution in [0.2, 0.25) is 0 Å². The van der Waals surface area contributed by atoms with Crippen molar-refractivity contribution >= 4 is 15.7 Å². The number of methoxy groups -OCH3 is 2. The van der Waals surface area contributed by atoms with E-state index in [4.69, 9.17) is 9.47 Å². The van der Waals surface area contributed by atoms with Gasteiger partial charge in [0.2, 0.25) is 0 Å². The molecule has 0 aromatic heterocycles. The van der Waals surface area contributed by atoms with Crippen LogP contribution in [0.4, 0.5) is 5.69 Å². The number of rotatable bonds is 6. The van der Waals surface area contributed by atoms with Gasteiger partial charge in [0.05, 0.1) is 24.8 Å². The smallest absolute Gasteiger partial charge is 0.262 e. The fourth-order valence-electron chi connectivity index (χ4n) is 2.12. The Morgan fingerprint density at radius 1 is 0.957 bits per heavy atom. The zero-order chi connectivity index (χ0) is 17.0. The number of hydrogen-bond acceptors (Lipinski definition) is 4. The number of nitrogens with one attached hydrogen (secondary N) is 1. The predicted octanol–water partition coefficient (Wildman–Crippen LogP) is 3.63. The first-order chi connectivity index (χ1) is 10.9. The van der Waals surface area contributed by atoms with Gasteiger partial charge >= 0.3 is 0 Å². The minimum Gasteiger partial charge on any atom is -0.497 e. The van der Waals surface area contributed by atoms with Gasteiger partial charge in [0.25, 0.3) is 10.0 Å². The Hall–Kier alpha value is -2.21. The Bertz CT molecular complexity index is 768. The summed E-state index contributed by atoms with van der Waals surface area (Å²) in [6.07, 6.45) is 0. The second-order valence-corrected chi connectivity index (χ2v) is 7.08. The summed E-state index contributed by atoms with van der Waals surface area (Å²) in [7, 11) is -0.658. The van der Waals surface area contributed by atoms with Crippen LogP contribution in [0.5, 0.6) is 11.5 Å². The summed E-state index contributed by atoms with van der Waals surface area (Å²) in [5.41, 5.74) is 1.45. The molecule has 2 aromatic rings. The van der Waals surface area contributed by atoms with Crippen LogP contribution in [0, 0.1) is 0 Å². The van der Waals surface area contributed by atoms with Crippen molar-refractivity contribution in [1.29, 1.82) is 0 Å². The minimum absolute atomic E-state index is 0.162. The summed E-state index contributed by atoms with van der Waals surface area (Å²) in [6.45, 7) is 4.09. The second-order valence-electron chi connectivity index (χ2n) is 5.40. The molecule has 0 aliphatic heterocycles. The molecule has 2 rings (SSSR count). The van der Waals surface area contributed by atoms with E-state index >= 15 is 0 Å². The van der Waals surface area contributed by atoms with Gasteiger partial charge in [-0.3, -0.25) is 4.72 Å². The van der Waals surface area contributed by atoms with Crippen LogP contribution in [-0.2, 0) is 10.0 Å². The zero-order valence-electron chi connectivity index (χ0n) is 13.7. The average molecular weight is 335 g/mol. The quantitative estimate of drug-likeness (QED) is 0.875. The van der Waals surface area contributed by atoms with Crippen LogP contribution < -0.4 is 14.2 Å². The standard InChI is InChI=1S/C17H21NO4S/c1-12(2)13-5-10-17(22-4)16(11-13)18-23(19,20)15-8-6-14(21-3)7-9-15/h5-12,18H,1-4H3. The molecule has 0 unspecified atom stereocenters. The molecule has 0 heterocycles. The van der Waals surface area contributed by atoms with Crippen molar-refractivity contribution in [2.45, 2.75) is 24.7 Å². The van der Waals surface area contributed by atoms with Gasteiger partial charge in [0.1, 0.15) is 11.5 Å². The number of ether oxygens (including phenoxy) is 2. The van der Waals surface area contributed by atoms with Gasteiger partial charge in [-0.15, -0.1) is 0 Å². The molecule has 0 aliphatic rings. The SMILES string of the molecule is COc1ccc(S(=O)(=O)Nc2cc(C(C)C)ccc2OC)cc1. The molecule has 0 fully saturated rings. The predicted molar refractivity (Wildman–Crippen MR) is 90.9 cm³/mol. The number of sulfonamides is 1. The Kier molecular flexibility index (Phi) is 5.15. The largest absolute Gasteiger partial charge is 0.497 e. The molecule has 0 spiro atoms. The van der Waals surface area contributed by atoms with Crippen LogP contribution in [0.3, 0.4) is 0 Å². The first-order valence-electron chi connectivity index (χ1n) is 7.22. The molecule has 1 N–H and O–H groups in total. The Morgan fingerprint density at radius 2 is 1.61 bits per heavy atom. The normalized spacial score (nSPS) is 11.3. The van der Waals surface area contributed by atoms with Gasteiger partial charge in [-0.25, -0.2) is 8.42 Å². The molecule has 23 heavy (non-hydrogen) atoms. The van der Waals surface area contributed by atoms with Crippen LogP contribution in [0.25, 0.3) is 0 Å². The molecule has 0 saturated heterocycles. The summed E-state index contributed by atoms with van der Waals surface area (Å²) < 4.78 is 38.0. The molecular formula is C17H21NO4S. The van der Waals surface area contributed by atoms with Gasteiger partial charge in [0, 0.05) is 0 Å². The van der Waals surface area contributed by atoms with Gasteiger partial charge in [-0.05, 0) is 47.9 Å². The van der Waals surface area contributed by atoms with Crippen LogP contribution in [-0.4, -0.2) is 22.6 Å². The van der Waals surface area contributed by atoms with Crippen molar-refractivity contribution < 1.29 is 17.9 Å². The van der Waals surface area contributed by atoms with E-state index in [2.05, 4.69) is 4.72 Å². The lowest BCUT2D eigenvalue weighted by Crippen LogP contribution is -2.14. The highest BCUT2D eigenvalue weighted by molar-refractivity contribution is 7.92. The molecule has 0 amide bonds. The van der Waals surface area contributed by atoms with Gasteiger partial charge < -0.3 is 9.47 Å². The van der Waals surface area contributed by atoms with Crippen molar-refractivity contribution in [3.8, 4) is 11.5 Å². The van der Waals surface area contributed by atoms with Gasteiger partial charge in [-0.2, -0.15) is 0 Å². The molecule has 5 nitrogen and oxygen atoms in total. The molecule has 0 aliphatic carbocycles. The fourth-order valence-corrected chi connectivity index (χ4v) is 3.18. The molecular weight excluding hydrogens is 314 g/mol. The van der Waals surface area contributed by atoms with E-state index in [0.29, 0.717) is 17.2 Å². The maximum absolute atomic E-state index is 12.5. The highest BCUT2D eigenvalue weighted by atomic mass is 32.2. The Labute approximate surface area is 137 Å². The lowest BCUT2D eigenvalue weighted by molar-refractivity contribution is 0.414. The van der Waals surface area contributed by atoms with E-state index in [1.807, 2.05) is 19.9 Å². The van der Waals surface area contributed by atoms with Crippen LogP contribution >= 0.6 is 0 Å². The van der Waals surface area contributed by atoms with E-state index in [0.717, 1.165) is 5.56 Å². The minimum atomic E-state index is -3.70. The van der Waals surface area contributed by atoms with Crippen molar-refractivity contribution in [1.82, 2.24) is 0 Å². The van der Waals surface area contributed by atoms with Crippen molar-refractivity contribution in [3.05, 3.63) is 48.0 Å². The molecule has 0 saturated carbocycles. The fraction of sp³-hybridized carbons (Fsp3) is 0.294. The number of hydrogen-bond donors (Lipinski definition) is 1. The highest BCUT2D eigenvalue weighted by Gasteiger charge is 2.17. The Balaban J connectivity index is 2.37. The maximum Gasteiger partial charge on any atom is 0.262 e. The van der Waals surface area contributed by atoms with Crippen LogP contribution in [0.15, 0.2) is 47.4 Å². The van der Waals surface area contributed by atoms with Crippen molar-refractivity contribution in [3.63, 3.8) is 0 Å². The average Bonchev–Trinajstić information content (AvgIpc) is 2.54. The summed E-state index contributed by atoms with van der Waals surface area (Å²) in [6, 6.07) is 11.7. The summed E-state index contributed by atoms with van der Waals surface area (Å²) >= 11 is 0. The molecule has 124 valence electrons. The maximum atomic E-state index is 12.5. The third-order valence-corrected chi connectivity index (χ3v) is 4.89. The van der Waals surface area contributed by atoms with Crippen molar-refractivity contribution in [2.24, 2.45) is 0 Å². The monoisotopic (exact) mass is 335 g/mol. The zero-order valence-corrected chi connectivity index (χ0v) is 14.5. The highest BCUT2D eigenvalue weighted by Crippen LogP contribution is 2.30. The summed E-state index contributed by atoms with van der Waals surface area (Å²) in [4.78, 5) is 0.162. The molecule has 2 aromatic carbocycles. The first kappa shape index (κ1) is 17.1. The van der Waals surface area contributed by atoms with E-state index in [-0.39, 0.29) is 10.8 Å². The lowest BCUT2D eigenvalue weighted by atomic mass is 10.0. The number of benzene rings is 2. The molecule has 0 bridgehead atoms. The van der Waals surface area contributed by atoms with E-state index in [9.17, 15) is 8.42 Å². The van der Waals surface area contributed by atoms with Gasteiger partial charge in [0.15, 0.2) is 0 Å². The lowest BCUT2D eigenvalue weighted by Gasteiger charge is -2.15. The van der Waals surface area contributed by atoms with E-state index in [1.165, 1.54) is 26.4 Å². The van der Waals surface area contributed by atoms with Crippen LogP contribution in [0.1, 0.15) is 25.3 Å². The summed E-state index contributed by atoms with van der Waals surface area (Å²) in [5.74, 6) is 1.36. The summed E-state index contributed by atoms with van der Waals surface area (Å²) in [5, 5.41) is 0.